The van der Waals surface area contributed by atoms with Crippen molar-refractivity contribution in [3.8, 4) is 0 Å². The molecule has 2 rings (SSSR count). The van der Waals surface area contributed by atoms with Crippen LogP contribution in [-0.2, 0) is 10.0 Å². The quantitative estimate of drug-likeness (QED) is 0.926. The van der Waals surface area contributed by atoms with Gasteiger partial charge in [-0.3, -0.25) is 4.72 Å². The van der Waals surface area contributed by atoms with Crippen molar-refractivity contribution in [3.05, 3.63) is 33.2 Å². The van der Waals surface area contributed by atoms with Gasteiger partial charge in [-0.25, -0.2) is 8.42 Å². The van der Waals surface area contributed by atoms with Crippen molar-refractivity contribution in [2.45, 2.75) is 18.7 Å². The van der Waals surface area contributed by atoms with Gasteiger partial charge < -0.3 is 0 Å². The van der Waals surface area contributed by atoms with E-state index >= 15 is 0 Å². The van der Waals surface area contributed by atoms with Gasteiger partial charge in [0, 0.05) is 4.47 Å². The van der Waals surface area contributed by atoms with Crippen LogP contribution in [0, 0.1) is 13.8 Å². The third-order valence-corrected chi connectivity index (χ3v) is 5.04. The van der Waals surface area contributed by atoms with Crippen molar-refractivity contribution in [1.29, 1.82) is 0 Å². The number of nitrogens with one attached hydrogen (secondary N) is 1. The number of benzene rings is 1. The largest absolute Gasteiger partial charge is 0.264 e. The number of halogens is 1. The minimum Gasteiger partial charge on any atom is -0.253 e. The molecular weight excluding hydrogens is 338 g/mol. The first-order valence-electron chi connectivity index (χ1n) is 4.97. The van der Waals surface area contributed by atoms with Crippen LogP contribution >= 0.6 is 27.3 Å². The zero-order chi connectivity index (χ0) is 13.3. The summed E-state index contributed by atoms with van der Waals surface area (Å²) in [6.45, 7) is 3.51. The van der Waals surface area contributed by atoms with Crippen LogP contribution in [0.3, 0.4) is 0 Å². The molecule has 0 atom stereocenters. The second kappa shape index (κ2) is 4.94. The number of rotatable bonds is 3. The molecule has 0 aliphatic heterocycles. The average molecular weight is 348 g/mol. The molecule has 1 N–H and O–H groups in total. The molecule has 1 aromatic carbocycles. The summed E-state index contributed by atoms with van der Waals surface area (Å²) in [5.74, 6) is 0. The van der Waals surface area contributed by atoms with E-state index in [0.717, 1.165) is 0 Å². The molecule has 1 aromatic heterocycles. The van der Waals surface area contributed by atoms with Gasteiger partial charge in [-0.2, -0.15) is 0 Å². The van der Waals surface area contributed by atoms with Crippen LogP contribution in [0.25, 0.3) is 0 Å². The fraction of sp³-hybridized carbons (Fsp3) is 0.200. The highest BCUT2D eigenvalue weighted by Crippen LogP contribution is 2.24. The first-order chi connectivity index (χ1) is 8.38. The van der Waals surface area contributed by atoms with Crippen LogP contribution in [0.15, 0.2) is 27.6 Å². The highest BCUT2D eigenvalue weighted by Gasteiger charge is 2.19. The van der Waals surface area contributed by atoms with Crippen molar-refractivity contribution >= 4 is 42.4 Å². The molecule has 0 saturated heterocycles. The van der Waals surface area contributed by atoms with Crippen LogP contribution in [0.1, 0.15) is 10.6 Å². The first kappa shape index (κ1) is 13.4. The number of aryl methyl sites for hydroxylation is 2. The molecule has 18 heavy (non-hydrogen) atoms. The van der Waals surface area contributed by atoms with Gasteiger partial charge in [0.2, 0.25) is 5.13 Å². The minimum absolute atomic E-state index is 0.227. The van der Waals surface area contributed by atoms with Crippen LogP contribution < -0.4 is 4.72 Å². The van der Waals surface area contributed by atoms with Crippen LogP contribution in [-0.4, -0.2) is 18.6 Å². The molecule has 8 heteroatoms. The van der Waals surface area contributed by atoms with Gasteiger partial charge in [0.25, 0.3) is 10.0 Å². The number of anilines is 1. The third-order valence-electron chi connectivity index (χ3n) is 2.19. The third kappa shape index (κ3) is 2.88. The lowest BCUT2D eigenvalue weighted by Crippen LogP contribution is -2.14. The van der Waals surface area contributed by atoms with E-state index in [1.807, 2.05) is 0 Å². The van der Waals surface area contributed by atoms with E-state index in [-0.39, 0.29) is 10.0 Å². The number of hydrogen-bond donors (Lipinski definition) is 1. The molecule has 0 aliphatic carbocycles. The maximum Gasteiger partial charge on any atom is 0.264 e. The Balaban J connectivity index is 2.39. The molecule has 0 unspecified atom stereocenters. The summed E-state index contributed by atoms with van der Waals surface area (Å²) in [7, 11) is -3.63. The van der Waals surface area contributed by atoms with Gasteiger partial charge in [0.05, 0.1) is 4.90 Å². The highest BCUT2D eigenvalue weighted by atomic mass is 79.9. The summed E-state index contributed by atoms with van der Waals surface area (Å²) in [6.07, 6.45) is 0. The van der Waals surface area contributed by atoms with Gasteiger partial charge in [-0.05, 0) is 31.5 Å². The van der Waals surface area contributed by atoms with Crippen molar-refractivity contribution < 1.29 is 8.42 Å². The van der Waals surface area contributed by atoms with Crippen LogP contribution in [0.2, 0.25) is 0 Å². The van der Waals surface area contributed by atoms with Gasteiger partial charge in [-0.1, -0.05) is 33.3 Å². The predicted octanol–water partition coefficient (Wildman–Crippen LogP) is 2.72. The maximum atomic E-state index is 12.2. The molecule has 0 aliphatic rings. The first-order valence-corrected chi connectivity index (χ1v) is 8.07. The zero-order valence-corrected chi connectivity index (χ0v) is 12.9. The van der Waals surface area contributed by atoms with E-state index in [1.165, 1.54) is 11.3 Å². The van der Waals surface area contributed by atoms with E-state index in [0.29, 0.717) is 15.0 Å². The lowest BCUT2D eigenvalue weighted by molar-refractivity contribution is 0.600. The van der Waals surface area contributed by atoms with Gasteiger partial charge >= 0.3 is 0 Å². The fourth-order valence-corrected chi connectivity index (χ4v) is 3.98. The van der Waals surface area contributed by atoms with E-state index in [9.17, 15) is 8.42 Å². The topological polar surface area (TPSA) is 72.0 Å². The molecular formula is C10H10BrN3O2S2. The summed E-state index contributed by atoms with van der Waals surface area (Å²) in [6, 6.07) is 5.10. The molecule has 1 heterocycles. The van der Waals surface area contributed by atoms with E-state index in [2.05, 4.69) is 30.8 Å². The second-order valence-corrected chi connectivity index (χ2v) is 7.39. The van der Waals surface area contributed by atoms with Crippen molar-refractivity contribution in [2.24, 2.45) is 0 Å². The normalized spacial score (nSPS) is 11.5. The number of hydrogen-bond acceptors (Lipinski definition) is 5. The number of sulfonamides is 1. The Hall–Kier alpha value is -0.990. The minimum atomic E-state index is -3.63. The van der Waals surface area contributed by atoms with E-state index in [1.54, 1.807) is 32.0 Å². The second-order valence-electron chi connectivity index (χ2n) is 3.64. The molecule has 0 bridgehead atoms. The van der Waals surface area contributed by atoms with Crippen molar-refractivity contribution in [1.82, 2.24) is 10.2 Å². The van der Waals surface area contributed by atoms with Gasteiger partial charge in [0.1, 0.15) is 5.01 Å². The monoisotopic (exact) mass is 347 g/mol. The van der Waals surface area contributed by atoms with Crippen molar-refractivity contribution in [3.63, 3.8) is 0 Å². The Morgan fingerprint density at radius 2 is 2.00 bits per heavy atom. The Morgan fingerprint density at radius 1 is 1.28 bits per heavy atom. The van der Waals surface area contributed by atoms with Gasteiger partial charge in [0.15, 0.2) is 0 Å². The zero-order valence-electron chi connectivity index (χ0n) is 9.64. The Bertz CT molecular complexity index is 682. The Kier molecular flexibility index (Phi) is 3.69. The Labute approximate surface area is 117 Å². The highest BCUT2D eigenvalue weighted by molar-refractivity contribution is 9.10. The summed E-state index contributed by atoms with van der Waals surface area (Å²) < 4.78 is 27.5. The molecule has 0 amide bonds. The van der Waals surface area contributed by atoms with Crippen LogP contribution in [0.4, 0.5) is 5.13 Å². The number of aromatic nitrogens is 2. The lowest BCUT2D eigenvalue weighted by Gasteiger charge is -2.08. The van der Waals surface area contributed by atoms with Crippen molar-refractivity contribution in [2.75, 3.05) is 4.72 Å². The summed E-state index contributed by atoms with van der Waals surface area (Å²) in [4.78, 5) is 0.227. The average Bonchev–Trinajstić information content (AvgIpc) is 2.66. The summed E-state index contributed by atoms with van der Waals surface area (Å²) in [5, 5.41) is 8.49. The Morgan fingerprint density at radius 3 is 2.61 bits per heavy atom. The van der Waals surface area contributed by atoms with E-state index in [4.69, 9.17) is 0 Å². The molecule has 5 nitrogen and oxygen atoms in total. The molecule has 0 radical (unpaired) electrons. The van der Waals surface area contributed by atoms with Crippen LogP contribution in [0.5, 0.6) is 0 Å². The molecule has 0 fully saturated rings. The molecule has 2 aromatic rings. The maximum absolute atomic E-state index is 12.2. The fourth-order valence-electron chi connectivity index (χ4n) is 1.37. The smallest absolute Gasteiger partial charge is 0.253 e. The number of nitrogens with zero attached hydrogens (tertiary/aromatic N) is 2. The summed E-state index contributed by atoms with van der Waals surface area (Å²) >= 11 is 4.46. The van der Waals surface area contributed by atoms with E-state index < -0.39 is 10.0 Å². The molecule has 96 valence electrons. The molecule has 0 saturated carbocycles. The predicted molar refractivity (Wildman–Crippen MR) is 74.3 cm³/mol. The lowest BCUT2D eigenvalue weighted by atomic mass is 10.2. The molecule has 0 spiro atoms. The standard InChI is InChI=1S/C10H10BrN3O2S2/c1-6-3-4-8(11)5-9(6)18(15,16)14-10-13-12-7(2)17-10/h3-5H,1-2H3,(H,13,14). The summed E-state index contributed by atoms with van der Waals surface area (Å²) in [5.41, 5.74) is 0.673. The van der Waals surface area contributed by atoms with Gasteiger partial charge in [-0.15, -0.1) is 10.2 Å². The SMILES string of the molecule is Cc1nnc(NS(=O)(=O)c2cc(Br)ccc2C)s1.